The predicted octanol–water partition coefficient (Wildman–Crippen LogP) is 2.36. The zero-order valence-corrected chi connectivity index (χ0v) is 9.06. The molecular weight excluding hydrogens is 202 g/mol. The first-order valence-corrected chi connectivity index (χ1v) is 5.31. The van der Waals surface area contributed by atoms with Gasteiger partial charge >= 0.3 is 0 Å². The molecule has 0 aliphatic rings. The molecule has 84 valence electrons. The summed E-state index contributed by atoms with van der Waals surface area (Å²) in [5, 5.41) is 0. The van der Waals surface area contributed by atoms with Gasteiger partial charge in [-0.25, -0.2) is 0 Å². The number of hydrogen-bond donors (Lipinski definition) is 1. The SMILES string of the molecule is NCCc1ccc(OCc2ccoc2)cc1. The lowest BCUT2D eigenvalue weighted by molar-refractivity contribution is 0.304. The van der Waals surface area contributed by atoms with Crippen LogP contribution in [0.4, 0.5) is 0 Å². The third-order valence-corrected chi connectivity index (χ3v) is 2.34. The summed E-state index contributed by atoms with van der Waals surface area (Å²) >= 11 is 0. The molecule has 0 saturated carbocycles. The van der Waals surface area contributed by atoms with E-state index in [1.807, 2.05) is 30.3 Å². The Bertz CT molecular complexity index is 406. The van der Waals surface area contributed by atoms with Gasteiger partial charge in [0, 0.05) is 5.56 Å². The second-order valence-corrected chi connectivity index (χ2v) is 3.60. The first-order valence-electron chi connectivity index (χ1n) is 5.31. The van der Waals surface area contributed by atoms with Gasteiger partial charge in [0.25, 0.3) is 0 Å². The van der Waals surface area contributed by atoms with Crippen LogP contribution < -0.4 is 10.5 Å². The Kier molecular flexibility index (Phi) is 3.62. The highest BCUT2D eigenvalue weighted by Crippen LogP contribution is 2.14. The highest BCUT2D eigenvalue weighted by molar-refractivity contribution is 5.27. The minimum Gasteiger partial charge on any atom is -0.489 e. The van der Waals surface area contributed by atoms with Gasteiger partial charge in [-0.15, -0.1) is 0 Å². The number of nitrogens with two attached hydrogens (primary N) is 1. The van der Waals surface area contributed by atoms with Crippen molar-refractivity contribution >= 4 is 0 Å². The van der Waals surface area contributed by atoms with E-state index < -0.39 is 0 Å². The fraction of sp³-hybridized carbons (Fsp3) is 0.231. The highest BCUT2D eigenvalue weighted by atomic mass is 16.5. The summed E-state index contributed by atoms with van der Waals surface area (Å²) in [5.74, 6) is 0.863. The maximum Gasteiger partial charge on any atom is 0.119 e. The molecule has 3 nitrogen and oxygen atoms in total. The Morgan fingerprint density at radius 2 is 1.88 bits per heavy atom. The van der Waals surface area contributed by atoms with Crippen LogP contribution in [0.1, 0.15) is 11.1 Å². The predicted molar refractivity (Wildman–Crippen MR) is 62.2 cm³/mol. The molecule has 0 aliphatic carbocycles. The quantitative estimate of drug-likeness (QED) is 0.836. The van der Waals surface area contributed by atoms with Gasteiger partial charge in [0.1, 0.15) is 12.4 Å². The number of benzene rings is 1. The molecule has 0 unspecified atom stereocenters. The average Bonchev–Trinajstić information content (AvgIpc) is 2.82. The molecule has 0 amide bonds. The number of furan rings is 1. The maximum absolute atomic E-state index is 5.59. The fourth-order valence-electron chi connectivity index (χ4n) is 1.46. The molecule has 0 fully saturated rings. The summed E-state index contributed by atoms with van der Waals surface area (Å²) in [5.41, 5.74) is 7.75. The van der Waals surface area contributed by atoms with Gasteiger partial charge in [-0.2, -0.15) is 0 Å². The van der Waals surface area contributed by atoms with Gasteiger partial charge in [-0.05, 0) is 36.7 Å². The lowest BCUT2D eigenvalue weighted by Crippen LogP contribution is -2.02. The molecule has 1 aromatic carbocycles. The molecule has 0 bridgehead atoms. The number of hydrogen-bond acceptors (Lipinski definition) is 3. The van der Waals surface area contributed by atoms with Crippen molar-refractivity contribution in [3.8, 4) is 5.75 Å². The molecule has 1 aromatic heterocycles. The first kappa shape index (κ1) is 10.8. The van der Waals surface area contributed by atoms with Gasteiger partial charge in [-0.3, -0.25) is 0 Å². The Morgan fingerprint density at radius 1 is 1.06 bits per heavy atom. The molecule has 0 aliphatic heterocycles. The second-order valence-electron chi connectivity index (χ2n) is 3.60. The zero-order valence-electron chi connectivity index (χ0n) is 9.06. The van der Waals surface area contributed by atoms with Crippen molar-refractivity contribution in [1.29, 1.82) is 0 Å². The smallest absolute Gasteiger partial charge is 0.119 e. The van der Waals surface area contributed by atoms with Crippen molar-refractivity contribution in [2.24, 2.45) is 5.73 Å². The molecule has 3 heteroatoms. The Morgan fingerprint density at radius 3 is 2.50 bits per heavy atom. The Labute approximate surface area is 94.8 Å². The van der Waals surface area contributed by atoms with E-state index in [2.05, 4.69) is 0 Å². The van der Waals surface area contributed by atoms with E-state index in [1.165, 1.54) is 5.56 Å². The van der Waals surface area contributed by atoms with Gasteiger partial charge in [0.2, 0.25) is 0 Å². The van der Waals surface area contributed by atoms with Crippen LogP contribution in [-0.4, -0.2) is 6.54 Å². The molecule has 0 spiro atoms. The van der Waals surface area contributed by atoms with Crippen LogP contribution in [0.5, 0.6) is 5.75 Å². The fourth-order valence-corrected chi connectivity index (χ4v) is 1.46. The number of rotatable bonds is 5. The molecular formula is C13H15NO2. The monoisotopic (exact) mass is 217 g/mol. The van der Waals surface area contributed by atoms with Crippen LogP contribution in [0.3, 0.4) is 0 Å². The molecule has 2 rings (SSSR count). The van der Waals surface area contributed by atoms with Gasteiger partial charge in [0.15, 0.2) is 0 Å². The van der Waals surface area contributed by atoms with Crippen LogP contribution in [0, 0.1) is 0 Å². The van der Waals surface area contributed by atoms with Crippen molar-refractivity contribution in [3.63, 3.8) is 0 Å². The normalized spacial score (nSPS) is 10.3. The van der Waals surface area contributed by atoms with Gasteiger partial charge in [0.05, 0.1) is 12.5 Å². The molecule has 1 heterocycles. The van der Waals surface area contributed by atoms with Crippen LogP contribution in [-0.2, 0) is 13.0 Å². The third kappa shape index (κ3) is 2.87. The summed E-state index contributed by atoms with van der Waals surface area (Å²) < 4.78 is 10.6. The van der Waals surface area contributed by atoms with Crippen molar-refractivity contribution in [3.05, 3.63) is 54.0 Å². The summed E-state index contributed by atoms with van der Waals surface area (Å²) in [7, 11) is 0. The van der Waals surface area contributed by atoms with E-state index in [9.17, 15) is 0 Å². The molecule has 2 N–H and O–H groups in total. The van der Waals surface area contributed by atoms with Crippen molar-refractivity contribution in [2.45, 2.75) is 13.0 Å². The molecule has 0 atom stereocenters. The van der Waals surface area contributed by atoms with Crippen LogP contribution in [0.25, 0.3) is 0 Å². The molecule has 2 aromatic rings. The van der Waals surface area contributed by atoms with E-state index in [4.69, 9.17) is 14.9 Å². The third-order valence-electron chi connectivity index (χ3n) is 2.34. The summed E-state index contributed by atoms with van der Waals surface area (Å²) in [6, 6.07) is 9.90. The van der Waals surface area contributed by atoms with Crippen molar-refractivity contribution in [2.75, 3.05) is 6.54 Å². The first-order chi connectivity index (χ1) is 7.88. The van der Waals surface area contributed by atoms with Crippen LogP contribution in [0.2, 0.25) is 0 Å². The molecule has 16 heavy (non-hydrogen) atoms. The van der Waals surface area contributed by atoms with Gasteiger partial charge < -0.3 is 14.9 Å². The lowest BCUT2D eigenvalue weighted by atomic mass is 10.1. The summed E-state index contributed by atoms with van der Waals surface area (Å²) in [6.45, 7) is 1.21. The van der Waals surface area contributed by atoms with Crippen LogP contribution >= 0.6 is 0 Å². The summed E-state index contributed by atoms with van der Waals surface area (Å²) in [6.07, 6.45) is 4.23. The molecule has 0 saturated heterocycles. The lowest BCUT2D eigenvalue weighted by Gasteiger charge is -2.05. The van der Waals surface area contributed by atoms with E-state index in [0.717, 1.165) is 17.7 Å². The van der Waals surface area contributed by atoms with Crippen molar-refractivity contribution < 1.29 is 9.15 Å². The van der Waals surface area contributed by atoms with Crippen molar-refractivity contribution in [1.82, 2.24) is 0 Å². The second kappa shape index (κ2) is 5.37. The van der Waals surface area contributed by atoms with Gasteiger partial charge in [-0.1, -0.05) is 12.1 Å². The van der Waals surface area contributed by atoms with E-state index >= 15 is 0 Å². The largest absolute Gasteiger partial charge is 0.489 e. The zero-order chi connectivity index (χ0) is 11.2. The standard InChI is InChI=1S/C13H15NO2/c14-7-5-11-1-3-13(4-2-11)16-10-12-6-8-15-9-12/h1-4,6,8-9H,5,7,10,14H2. The topological polar surface area (TPSA) is 48.4 Å². The maximum atomic E-state index is 5.59. The summed E-state index contributed by atoms with van der Waals surface area (Å²) in [4.78, 5) is 0. The van der Waals surface area contributed by atoms with E-state index in [0.29, 0.717) is 13.2 Å². The average molecular weight is 217 g/mol. The van der Waals surface area contributed by atoms with E-state index in [1.54, 1.807) is 12.5 Å². The highest BCUT2D eigenvalue weighted by Gasteiger charge is 1.97. The minimum atomic E-state index is 0.534. The number of ether oxygens (including phenoxy) is 1. The minimum absolute atomic E-state index is 0.534. The Hall–Kier alpha value is -1.74. The molecule has 0 radical (unpaired) electrons. The Balaban J connectivity index is 1.90. The van der Waals surface area contributed by atoms with E-state index in [-0.39, 0.29) is 0 Å². The van der Waals surface area contributed by atoms with Crippen LogP contribution in [0.15, 0.2) is 47.3 Å².